The van der Waals surface area contributed by atoms with Gasteiger partial charge in [-0.05, 0) is 54.2 Å². The second kappa shape index (κ2) is 10.1. The van der Waals surface area contributed by atoms with Gasteiger partial charge in [-0.25, -0.2) is 4.79 Å². The van der Waals surface area contributed by atoms with Crippen LogP contribution in [0, 0.1) is 0 Å². The van der Waals surface area contributed by atoms with Crippen molar-refractivity contribution in [2.45, 2.75) is 45.6 Å². The normalized spacial score (nSPS) is 14.5. The molecular weight excluding hydrogens is 380 g/mol. The van der Waals surface area contributed by atoms with Gasteiger partial charge in [-0.2, -0.15) is 0 Å². The first-order valence-corrected chi connectivity index (χ1v) is 10.4. The molecule has 30 heavy (non-hydrogen) atoms. The van der Waals surface area contributed by atoms with Gasteiger partial charge in [0, 0.05) is 25.2 Å². The third-order valence-corrected chi connectivity index (χ3v) is 5.44. The lowest BCUT2D eigenvalue weighted by Crippen LogP contribution is -2.23. The van der Waals surface area contributed by atoms with Crippen molar-refractivity contribution >= 4 is 23.5 Å². The van der Waals surface area contributed by atoms with Crippen LogP contribution in [0.25, 0.3) is 0 Å². The van der Waals surface area contributed by atoms with Crippen molar-refractivity contribution in [1.29, 1.82) is 0 Å². The van der Waals surface area contributed by atoms with Gasteiger partial charge in [0.15, 0.2) is 6.61 Å². The van der Waals surface area contributed by atoms with Gasteiger partial charge in [0.25, 0.3) is 5.91 Å². The lowest BCUT2D eigenvalue weighted by Gasteiger charge is -2.15. The Labute approximate surface area is 177 Å². The molecule has 3 rings (SSSR count). The van der Waals surface area contributed by atoms with Crippen molar-refractivity contribution in [3.05, 3.63) is 65.2 Å². The van der Waals surface area contributed by atoms with Crippen LogP contribution < -0.4 is 5.32 Å². The lowest BCUT2D eigenvalue weighted by atomic mass is 9.99. The summed E-state index contributed by atoms with van der Waals surface area (Å²) in [7, 11) is 0. The molecule has 6 heteroatoms. The molecule has 1 saturated heterocycles. The Morgan fingerprint density at radius 3 is 2.40 bits per heavy atom. The number of carbonyl (C=O) groups is 3. The Hall–Kier alpha value is -3.15. The maximum Gasteiger partial charge on any atom is 0.338 e. The highest BCUT2D eigenvalue weighted by Gasteiger charge is 2.20. The molecule has 1 fully saturated rings. The zero-order chi connectivity index (χ0) is 21.5. The minimum Gasteiger partial charge on any atom is -0.452 e. The van der Waals surface area contributed by atoms with E-state index in [2.05, 4.69) is 19.2 Å². The average Bonchev–Trinajstić information content (AvgIpc) is 3.17. The molecule has 0 spiro atoms. The Balaban J connectivity index is 1.46. The number of ether oxygens (including phenoxy) is 1. The quantitative estimate of drug-likeness (QED) is 0.667. The highest BCUT2D eigenvalue weighted by atomic mass is 16.5. The van der Waals surface area contributed by atoms with Gasteiger partial charge in [-0.3, -0.25) is 9.59 Å². The summed E-state index contributed by atoms with van der Waals surface area (Å²) in [4.78, 5) is 37.8. The Bertz CT molecular complexity index is 890. The number of amides is 2. The third-order valence-electron chi connectivity index (χ3n) is 5.44. The molecule has 158 valence electrons. The summed E-state index contributed by atoms with van der Waals surface area (Å²) in [5.41, 5.74) is 3.22. The van der Waals surface area contributed by atoms with Gasteiger partial charge < -0.3 is 15.0 Å². The van der Waals surface area contributed by atoms with Crippen LogP contribution in [0.4, 0.5) is 5.69 Å². The number of rotatable bonds is 8. The summed E-state index contributed by atoms with van der Waals surface area (Å²) in [5, 5.41) is 2.73. The van der Waals surface area contributed by atoms with Gasteiger partial charge in [0.1, 0.15) is 0 Å². The van der Waals surface area contributed by atoms with E-state index in [0.29, 0.717) is 30.1 Å². The summed E-state index contributed by atoms with van der Waals surface area (Å²) in [6.45, 7) is 5.27. The number of likely N-dealkylation sites (tertiary alicyclic amines) is 1. The van der Waals surface area contributed by atoms with E-state index in [9.17, 15) is 14.4 Å². The first kappa shape index (κ1) is 21.6. The molecule has 0 unspecified atom stereocenters. The fraction of sp³-hybridized carbons (Fsp3) is 0.375. The molecule has 0 aromatic heterocycles. The van der Waals surface area contributed by atoms with Gasteiger partial charge >= 0.3 is 5.97 Å². The first-order chi connectivity index (χ1) is 14.5. The molecule has 1 N–H and O–H groups in total. The van der Waals surface area contributed by atoms with Crippen LogP contribution in [0.1, 0.15) is 60.5 Å². The zero-order valence-electron chi connectivity index (χ0n) is 17.5. The zero-order valence-corrected chi connectivity index (χ0v) is 17.5. The molecule has 0 saturated carbocycles. The molecule has 2 aromatic rings. The average molecular weight is 408 g/mol. The SMILES string of the molecule is CC[C@@H](C)c1ccc(NC(=O)COC(=O)c2ccc(CN3CCCC3=O)cc2)cc1. The van der Waals surface area contributed by atoms with Crippen LogP contribution >= 0.6 is 0 Å². The second-order valence-corrected chi connectivity index (χ2v) is 7.67. The molecule has 0 aliphatic carbocycles. The topological polar surface area (TPSA) is 75.7 Å². The summed E-state index contributed by atoms with van der Waals surface area (Å²) < 4.78 is 5.12. The number of esters is 1. The molecule has 0 radical (unpaired) electrons. The number of hydrogen-bond donors (Lipinski definition) is 1. The van der Waals surface area contributed by atoms with Crippen LogP contribution in [-0.4, -0.2) is 35.8 Å². The standard InChI is InChI=1S/C24H28N2O4/c1-3-17(2)19-10-12-21(13-11-19)25-22(27)16-30-24(29)20-8-6-18(7-9-20)15-26-14-4-5-23(26)28/h6-13,17H,3-5,14-16H2,1-2H3,(H,25,27)/t17-/m1/s1. The molecule has 2 amide bonds. The maximum atomic E-state index is 12.2. The van der Waals surface area contributed by atoms with E-state index in [1.807, 2.05) is 29.2 Å². The fourth-order valence-electron chi connectivity index (χ4n) is 3.38. The van der Waals surface area contributed by atoms with E-state index in [-0.39, 0.29) is 18.4 Å². The molecule has 1 atom stereocenters. The summed E-state index contributed by atoms with van der Waals surface area (Å²) in [6.07, 6.45) is 2.56. The van der Waals surface area contributed by atoms with Gasteiger partial charge in [-0.15, -0.1) is 0 Å². The van der Waals surface area contributed by atoms with Crippen LogP contribution in [0.5, 0.6) is 0 Å². The minimum atomic E-state index is -0.555. The van der Waals surface area contributed by atoms with Gasteiger partial charge in [0.2, 0.25) is 5.91 Å². The van der Waals surface area contributed by atoms with Crippen LogP contribution in [0.3, 0.4) is 0 Å². The van der Waals surface area contributed by atoms with Crippen molar-refractivity contribution < 1.29 is 19.1 Å². The number of hydrogen-bond acceptors (Lipinski definition) is 4. The summed E-state index contributed by atoms with van der Waals surface area (Å²) >= 11 is 0. The second-order valence-electron chi connectivity index (χ2n) is 7.67. The van der Waals surface area contributed by atoms with Crippen molar-refractivity contribution in [2.75, 3.05) is 18.5 Å². The molecule has 1 heterocycles. The number of nitrogens with zero attached hydrogens (tertiary/aromatic N) is 1. The first-order valence-electron chi connectivity index (χ1n) is 10.4. The van der Waals surface area contributed by atoms with Crippen molar-refractivity contribution in [2.24, 2.45) is 0 Å². The molecule has 1 aliphatic rings. The predicted molar refractivity (Wildman–Crippen MR) is 115 cm³/mol. The molecular formula is C24H28N2O4. The smallest absolute Gasteiger partial charge is 0.338 e. The summed E-state index contributed by atoms with van der Waals surface area (Å²) in [6, 6.07) is 14.6. The maximum absolute atomic E-state index is 12.2. The number of carbonyl (C=O) groups excluding carboxylic acids is 3. The Morgan fingerprint density at radius 1 is 1.10 bits per heavy atom. The Kier molecular flexibility index (Phi) is 7.22. The summed E-state index contributed by atoms with van der Waals surface area (Å²) in [5.74, 6) is -0.304. The van der Waals surface area contributed by atoms with Gasteiger partial charge in [-0.1, -0.05) is 38.1 Å². The van der Waals surface area contributed by atoms with Gasteiger partial charge in [0.05, 0.1) is 5.56 Å². The third kappa shape index (κ3) is 5.69. The number of anilines is 1. The number of benzene rings is 2. The molecule has 1 aliphatic heterocycles. The van der Waals surface area contributed by atoms with Crippen LogP contribution in [0.15, 0.2) is 48.5 Å². The molecule has 0 bridgehead atoms. The minimum absolute atomic E-state index is 0.166. The van der Waals surface area contributed by atoms with Crippen molar-refractivity contribution in [3.8, 4) is 0 Å². The number of nitrogens with one attached hydrogen (secondary N) is 1. The Morgan fingerprint density at radius 2 is 1.80 bits per heavy atom. The van der Waals surface area contributed by atoms with Crippen LogP contribution in [-0.2, 0) is 20.9 Å². The highest BCUT2D eigenvalue weighted by molar-refractivity contribution is 5.95. The molecule has 6 nitrogen and oxygen atoms in total. The van der Waals surface area contributed by atoms with Crippen molar-refractivity contribution in [1.82, 2.24) is 4.90 Å². The predicted octanol–water partition coefficient (Wildman–Crippen LogP) is 4.12. The van der Waals surface area contributed by atoms with E-state index < -0.39 is 5.97 Å². The lowest BCUT2D eigenvalue weighted by molar-refractivity contribution is -0.128. The van der Waals surface area contributed by atoms with Crippen molar-refractivity contribution in [3.63, 3.8) is 0 Å². The van der Waals surface area contributed by atoms with E-state index in [4.69, 9.17) is 4.74 Å². The van der Waals surface area contributed by atoms with E-state index in [1.54, 1.807) is 24.3 Å². The van der Waals surface area contributed by atoms with E-state index >= 15 is 0 Å². The molecule has 2 aromatic carbocycles. The monoisotopic (exact) mass is 408 g/mol. The van der Waals surface area contributed by atoms with Crippen LogP contribution in [0.2, 0.25) is 0 Å². The highest BCUT2D eigenvalue weighted by Crippen LogP contribution is 2.20. The van der Waals surface area contributed by atoms with E-state index in [0.717, 1.165) is 24.9 Å². The fourth-order valence-corrected chi connectivity index (χ4v) is 3.38. The largest absolute Gasteiger partial charge is 0.452 e. The van der Waals surface area contributed by atoms with E-state index in [1.165, 1.54) is 5.56 Å².